The minimum Gasteiger partial charge on any atom is -0.382 e. The molecule has 1 aromatic rings. The monoisotopic (exact) mass is 277 g/mol. The van der Waals surface area contributed by atoms with E-state index in [0.29, 0.717) is 24.3 Å². The Kier molecular flexibility index (Phi) is 5.78. The van der Waals surface area contributed by atoms with Crippen LogP contribution in [0.3, 0.4) is 0 Å². The van der Waals surface area contributed by atoms with Crippen molar-refractivity contribution >= 4 is 0 Å². The number of rotatable bonds is 6. The predicted molar refractivity (Wildman–Crippen MR) is 65.8 cm³/mol. The third kappa shape index (κ3) is 4.81. The maximum Gasteiger partial charge on any atom is 0.416 e. The molecular formula is C13H18F3NO2. The molecule has 19 heavy (non-hydrogen) atoms. The minimum absolute atomic E-state index is 0.246. The molecule has 0 spiro atoms. The van der Waals surface area contributed by atoms with Gasteiger partial charge in [0.1, 0.15) is 0 Å². The Labute approximate surface area is 110 Å². The van der Waals surface area contributed by atoms with Gasteiger partial charge in [-0.05, 0) is 30.2 Å². The predicted octanol–water partition coefficient (Wildman–Crippen LogP) is 2.68. The summed E-state index contributed by atoms with van der Waals surface area (Å²) >= 11 is 0. The van der Waals surface area contributed by atoms with Gasteiger partial charge in [0.15, 0.2) is 0 Å². The smallest absolute Gasteiger partial charge is 0.382 e. The molecule has 0 aromatic heterocycles. The molecule has 0 fully saturated rings. The normalized spacial score (nSPS) is 13.6. The summed E-state index contributed by atoms with van der Waals surface area (Å²) in [4.78, 5) is 0. The summed E-state index contributed by atoms with van der Waals surface area (Å²) in [5, 5.41) is 0. The fourth-order valence-corrected chi connectivity index (χ4v) is 1.71. The summed E-state index contributed by atoms with van der Waals surface area (Å²) in [5.41, 5.74) is 6.39. The van der Waals surface area contributed by atoms with Crippen molar-refractivity contribution in [3.05, 3.63) is 34.9 Å². The molecule has 1 aromatic carbocycles. The molecule has 108 valence electrons. The number of aryl methyl sites for hydroxylation is 1. The first-order valence-corrected chi connectivity index (χ1v) is 5.86. The maximum absolute atomic E-state index is 12.5. The summed E-state index contributed by atoms with van der Waals surface area (Å²) in [6.45, 7) is 2.72. The Bertz CT molecular complexity index is 407. The molecule has 2 N–H and O–H groups in total. The number of methoxy groups -OCH3 is 1. The first-order chi connectivity index (χ1) is 8.86. The molecule has 0 aliphatic rings. The van der Waals surface area contributed by atoms with Crippen molar-refractivity contribution < 1.29 is 22.6 Å². The highest BCUT2D eigenvalue weighted by atomic mass is 19.4. The Hall–Kier alpha value is -1.11. The second-order valence-electron chi connectivity index (χ2n) is 4.24. The number of alkyl halides is 3. The van der Waals surface area contributed by atoms with E-state index >= 15 is 0 Å². The summed E-state index contributed by atoms with van der Waals surface area (Å²) in [6.07, 6.45) is -4.33. The largest absolute Gasteiger partial charge is 0.416 e. The highest BCUT2D eigenvalue weighted by Gasteiger charge is 2.30. The fraction of sp³-hybridized carbons (Fsp3) is 0.538. The van der Waals surface area contributed by atoms with Gasteiger partial charge in [0.05, 0.1) is 31.4 Å². The van der Waals surface area contributed by atoms with E-state index in [4.69, 9.17) is 15.2 Å². The van der Waals surface area contributed by atoms with Crippen LogP contribution in [0, 0.1) is 6.92 Å². The molecule has 0 saturated carbocycles. The molecule has 3 nitrogen and oxygen atoms in total. The second kappa shape index (κ2) is 6.88. The van der Waals surface area contributed by atoms with E-state index in [1.165, 1.54) is 6.07 Å². The molecule has 0 saturated heterocycles. The van der Waals surface area contributed by atoms with Gasteiger partial charge in [-0.25, -0.2) is 0 Å². The van der Waals surface area contributed by atoms with Gasteiger partial charge in [-0.1, -0.05) is 6.07 Å². The fourth-order valence-electron chi connectivity index (χ4n) is 1.71. The van der Waals surface area contributed by atoms with Crippen LogP contribution < -0.4 is 5.73 Å². The van der Waals surface area contributed by atoms with Crippen molar-refractivity contribution in [2.75, 3.05) is 26.9 Å². The average Bonchev–Trinajstić information content (AvgIpc) is 2.33. The lowest BCUT2D eigenvalue weighted by Gasteiger charge is -2.16. The van der Waals surface area contributed by atoms with Crippen LogP contribution >= 0.6 is 0 Å². The van der Waals surface area contributed by atoms with Crippen LogP contribution in [-0.4, -0.2) is 26.9 Å². The average molecular weight is 277 g/mol. The highest BCUT2D eigenvalue weighted by molar-refractivity contribution is 5.34. The van der Waals surface area contributed by atoms with Gasteiger partial charge >= 0.3 is 6.18 Å². The van der Waals surface area contributed by atoms with Gasteiger partial charge in [0, 0.05) is 7.11 Å². The first kappa shape index (κ1) is 15.9. The zero-order valence-corrected chi connectivity index (χ0v) is 11.0. The van der Waals surface area contributed by atoms with Crippen molar-refractivity contribution in [3.63, 3.8) is 0 Å². The zero-order valence-electron chi connectivity index (χ0n) is 11.0. The lowest BCUT2D eigenvalue weighted by Crippen LogP contribution is -2.20. The molecule has 0 bridgehead atoms. The number of nitrogens with two attached hydrogens (primary N) is 1. The SMILES string of the molecule is COCCOCC(N)c1ccc(C(F)(F)F)cc1C. The topological polar surface area (TPSA) is 44.5 Å². The molecular weight excluding hydrogens is 259 g/mol. The number of benzene rings is 1. The summed E-state index contributed by atoms with van der Waals surface area (Å²) < 4.78 is 47.6. The van der Waals surface area contributed by atoms with E-state index in [1.54, 1.807) is 14.0 Å². The second-order valence-corrected chi connectivity index (χ2v) is 4.24. The first-order valence-electron chi connectivity index (χ1n) is 5.86. The Balaban J connectivity index is 2.68. The molecule has 0 aliphatic carbocycles. The molecule has 0 radical (unpaired) electrons. The third-order valence-electron chi connectivity index (χ3n) is 2.73. The van der Waals surface area contributed by atoms with Crippen LogP contribution in [0.15, 0.2) is 18.2 Å². The van der Waals surface area contributed by atoms with Crippen molar-refractivity contribution in [1.29, 1.82) is 0 Å². The van der Waals surface area contributed by atoms with Crippen LogP contribution in [0.5, 0.6) is 0 Å². The van der Waals surface area contributed by atoms with Gasteiger partial charge in [0.2, 0.25) is 0 Å². The van der Waals surface area contributed by atoms with Crippen LogP contribution in [0.25, 0.3) is 0 Å². The standard InChI is InChI=1S/C13H18F3NO2/c1-9-7-10(13(14,15)16)3-4-11(9)12(17)8-19-6-5-18-2/h3-4,7,12H,5-6,8,17H2,1-2H3. The van der Waals surface area contributed by atoms with Crippen LogP contribution in [0.2, 0.25) is 0 Å². The molecule has 1 atom stereocenters. The van der Waals surface area contributed by atoms with Crippen molar-refractivity contribution in [2.45, 2.75) is 19.1 Å². The quantitative estimate of drug-likeness (QED) is 0.813. The van der Waals surface area contributed by atoms with Gasteiger partial charge in [-0.3, -0.25) is 0 Å². The van der Waals surface area contributed by atoms with Crippen molar-refractivity contribution in [1.82, 2.24) is 0 Å². The third-order valence-corrected chi connectivity index (χ3v) is 2.73. The molecule has 0 aliphatic heterocycles. The van der Waals surface area contributed by atoms with Gasteiger partial charge in [-0.2, -0.15) is 13.2 Å². The maximum atomic E-state index is 12.5. The molecule has 1 rings (SSSR count). The van der Waals surface area contributed by atoms with Crippen LogP contribution in [0.4, 0.5) is 13.2 Å². The van der Waals surface area contributed by atoms with E-state index in [-0.39, 0.29) is 6.61 Å². The Morgan fingerprint density at radius 3 is 2.47 bits per heavy atom. The Morgan fingerprint density at radius 1 is 1.26 bits per heavy atom. The van der Waals surface area contributed by atoms with Crippen molar-refractivity contribution in [2.24, 2.45) is 5.73 Å². The van der Waals surface area contributed by atoms with Crippen LogP contribution in [-0.2, 0) is 15.7 Å². The summed E-state index contributed by atoms with van der Waals surface area (Å²) in [5.74, 6) is 0. The lowest BCUT2D eigenvalue weighted by atomic mass is 9.99. The summed E-state index contributed by atoms with van der Waals surface area (Å²) in [6, 6.07) is 3.10. The zero-order chi connectivity index (χ0) is 14.5. The van der Waals surface area contributed by atoms with Gasteiger partial charge in [-0.15, -0.1) is 0 Å². The van der Waals surface area contributed by atoms with Crippen molar-refractivity contribution in [3.8, 4) is 0 Å². The molecule has 0 heterocycles. The van der Waals surface area contributed by atoms with E-state index in [9.17, 15) is 13.2 Å². The van der Waals surface area contributed by atoms with Gasteiger partial charge in [0.25, 0.3) is 0 Å². The minimum atomic E-state index is -4.33. The van der Waals surface area contributed by atoms with E-state index in [0.717, 1.165) is 12.1 Å². The highest BCUT2D eigenvalue weighted by Crippen LogP contribution is 2.31. The van der Waals surface area contributed by atoms with E-state index in [2.05, 4.69) is 0 Å². The molecule has 6 heteroatoms. The van der Waals surface area contributed by atoms with Crippen LogP contribution in [0.1, 0.15) is 22.7 Å². The molecule has 1 unspecified atom stereocenters. The van der Waals surface area contributed by atoms with E-state index < -0.39 is 17.8 Å². The Morgan fingerprint density at radius 2 is 1.95 bits per heavy atom. The van der Waals surface area contributed by atoms with Gasteiger partial charge < -0.3 is 15.2 Å². The molecule has 0 amide bonds. The number of halogens is 3. The number of hydrogen-bond donors (Lipinski definition) is 1. The summed E-state index contributed by atoms with van der Waals surface area (Å²) in [7, 11) is 1.56. The van der Waals surface area contributed by atoms with E-state index in [1.807, 2.05) is 0 Å². The number of hydrogen-bond acceptors (Lipinski definition) is 3. The lowest BCUT2D eigenvalue weighted by molar-refractivity contribution is -0.137. The number of ether oxygens (including phenoxy) is 2.